The number of aryl methyl sites for hydroxylation is 2. The van der Waals surface area contributed by atoms with Crippen molar-refractivity contribution in [3.63, 3.8) is 0 Å². The van der Waals surface area contributed by atoms with Crippen LogP contribution in [0.25, 0.3) is 0 Å². The highest BCUT2D eigenvalue weighted by Gasteiger charge is 2.21. The lowest BCUT2D eigenvalue weighted by Gasteiger charge is -2.36. The predicted molar refractivity (Wildman–Crippen MR) is 87.4 cm³/mol. The van der Waals surface area contributed by atoms with E-state index in [2.05, 4.69) is 27.3 Å². The van der Waals surface area contributed by atoms with Crippen LogP contribution in [0.4, 0.5) is 10.5 Å². The molecule has 2 heterocycles. The Labute approximate surface area is 132 Å². The Morgan fingerprint density at radius 2 is 1.86 bits per heavy atom. The Morgan fingerprint density at radius 1 is 1.23 bits per heavy atom. The number of nitrogens with one attached hydrogen (secondary N) is 1. The average molecular weight is 306 g/mol. The zero-order valence-electron chi connectivity index (χ0n) is 13.8. The van der Waals surface area contributed by atoms with Gasteiger partial charge in [0.25, 0.3) is 0 Å². The molecule has 1 saturated heterocycles. The van der Waals surface area contributed by atoms with E-state index in [1.165, 1.54) is 5.69 Å². The van der Waals surface area contributed by atoms with Crippen LogP contribution in [-0.4, -0.2) is 61.9 Å². The van der Waals surface area contributed by atoms with E-state index < -0.39 is 0 Å². The fourth-order valence-corrected chi connectivity index (χ4v) is 2.65. The van der Waals surface area contributed by atoms with Crippen LogP contribution in [0.3, 0.4) is 0 Å². The molecule has 0 bridgehead atoms. The SMILES string of the molecule is CCOCCNC(=O)N1CCN(c2cc(C)nc(C)c2)CC1. The molecular formula is C16H26N4O2. The highest BCUT2D eigenvalue weighted by molar-refractivity contribution is 5.74. The third-order valence-electron chi connectivity index (χ3n) is 3.73. The zero-order valence-corrected chi connectivity index (χ0v) is 13.8. The van der Waals surface area contributed by atoms with Crippen molar-refractivity contribution in [1.82, 2.24) is 15.2 Å². The predicted octanol–water partition coefficient (Wildman–Crippen LogP) is 1.57. The van der Waals surface area contributed by atoms with E-state index in [9.17, 15) is 4.79 Å². The maximum atomic E-state index is 12.0. The van der Waals surface area contributed by atoms with Gasteiger partial charge in [-0.2, -0.15) is 0 Å². The van der Waals surface area contributed by atoms with Crippen LogP contribution in [-0.2, 0) is 4.74 Å². The van der Waals surface area contributed by atoms with Crippen molar-refractivity contribution in [2.45, 2.75) is 20.8 Å². The topological polar surface area (TPSA) is 57.7 Å². The van der Waals surface area contributed by atoms with Crippen molar-refractivity contribution in [2.75, 3.05) is 50.8 Å². The molecule has 22 heavy (non-hydrogen) atoms. The smallest absolute Gasteiger partial charge is 0.317 e. The monoisotopic (exact) mass is 306 g/mol. The van der Waals surface area contributed by atoms with Gasteiger partial charge >= 0.3 is 6.03 Å². The number of hydrogen-bond donors (Lipinski definition) is 1. The van der Waals surface area contributed by atoms with Crippen molar-refractivity contribution in [3.8, 4) is 0 Å². The van der Waals surface area contributed by atoms with Crippen LogP contribution < -0.4 is 10.2 Å². The Bertz CT molecular complexity index is 479. The molecule has 2 amide bonds. The van der Waals surface area contributed by atoms with Crippen molar-refractivity contribution in [2.24, 2.45) is 0 Å². The van der Waals surface area contributed by atoms with E-state index in [0.717, 1.165) is 37.6 Å². The number of urea groups is 1. The lowest BCUT2D eigenvalue weighted by Crippen LogP contribution is -2.52. The Hall–Kier alpha value is -1.82. The van der Waals surface area contributed by atoms with E-state index in [1.807, 2.05) is 25.7 Å². The summed E-state index contributed by atoms with van der Waals surface area (Å²) >= 11 is 0. The highest BCUT2D eigenvalue weighted by Crippen LogP contribution is 2.18. The minimum Gasteiger partial charge on any atom is -0.380 e. The molecular weight excluding hydrogens is 280 g/mol. The van der Waals surface area contributed by atoms with Gasteiger partial charge in [0.05, 0.1) is 6.61 Å². The Morgan fingerprint density at radius 3 is 2.45 bits per heavy atom. The van der Waals surface area contributed by atoms with Gasteiger partial charge in [-0.3, -0.25) is 4.98 Å². The number of carbonyl (C=O) groups is 1. The van der Waals surface area contributed by atoms with Crippen molar-refractivity contribution in [1.29, 1.82) is 0 Å². The van der Waals surface area contributed by atoms with Crippen molar-refractivity contribution >= 4 is 11.7 Å². The molecule has 6 nitrogen and oxygen atoms in total. The third-order valence-corrected chi connectivity index (χ3v) is 3.73. The number of carbonyl (C=O) groups excluding carboxylic acids is 1. The number of aromatic nitrogens is 1. The van der Waals surface area contributed by atoms with Gasteiger partial charge in [-0.25, -0.2) is 4.79 Å². The summed E-state index contributed by atoms with van der Waals surface area (Å²) in [4.78, 5) is 20.6. The summed E-state index contributed by atoms with van der Waals surface area (Å²) in [6.07, 6.45) is 0. The van der Waals surface area contributed by atoms with E-state index in [-0.39, 0.29) is 6.03 Å². The molecule has 2 rings (SSSR count). The number of ether oxygens (including phenoxy) is 1. The van der Waals surface area contributed by atoms with E-state index in [4.69, 9.17) is 4.74 Å². The summed E-state index contributed by atoms with van der Waals surface area (Å²) in [5, 5.41) is 2.89. The van der Waals surface area contributed by atoms with E-state index in [0.29, 0.717) is 19.8 Å². The summed E-state index contributed by atoms with van der Waals surface area (Å²) < 4.78 is 5.22. The molecule has 0 saturated carbocycles. The van der Waals surface area contributed by atoms with Crippen LogP contribution in [0.15, 0.2) is 12.1 Å². The fraction of sp³-hybridized carbons (Fsp3) is 0.625. The number of pyridine rings is 1. The van der Waals surface area contributed by atoms with E-state index in [1.54, 1.807) is 0 Å². The van der Waals surface area contributed by atoms with Crippen LogP contribution in [0.1, 0.15) is 18.3 Å². The first kappa shape index (κ1) is 16.5. The molecule has 0 radical (unpaired) electrons. The fourth-order valence-electron chi connectivity index (χ4n) is 2.65. The van der Waals surface area contributed by atoms with Gasteiger partial charge in [-0.1, -0.05) is 0 Å². The number of rotatable bonds is 5. The quantitative estimate of drug-likeness (QED) is 0.839. The molecule has 1 aromatic rings. The molecule has 1 fully saturated rings. The maximum absolute atomic E-state index is 12.0. The van der Waals surface area contributed by atoms with Gasteiger partial charge in [0.1, 0.15) is 0 Å². The van der Waals surface area contributed by atoms with Gasteiger partial charge in [0.2, 0.25) is 0 Å². The number of anilines is 1. The van der Waals surface area contributed by atoms with Crippen LogP contribution in [0.5, 0.6) is 0 Å². The van der Waals surface area contributed by atoms with Crippen molar-refractivity contribution < 1.29 is 9.53 Å². The molecule has 1 N–H and O–H groups in total. The number of nitrogens with zero attached hydrogens (tertiary/aromatic N) is 3. The van der Waals surface area contributed by atoms with Gasteiger partial charge in [-0.05, 0) is 32.9 Å². The minimum absolute atomic E-state index is 0.00134. The molecule has 0 aliphatic carbocycles. The second-order valence-electron chi connectivity index (χ2n) is 5.51. The Balaban J connectivity index is 1.81. The first-order chi connectivity index (χ1) is 10.6. The molecule has 1 aromatic heterocycles. The molecule has 0 unspecified atom stereocenters. The molecule has 6 heteroatoms. The van der Waals surface area contributed by atoms with E-state index >= 15 is 0 Å². The number of piperazine rings is 1. The van der Waals surface area contributed by atoms with Crippen molar-refractivity contribution in [3.05, 3.63) is 23.5 Å². The molecule has 122 valence electrons. The standard InChI is InChI=1S/C16H26N4O2/c1-4-22-10-5-17-16(21)20-8-6-19(7-9-20)15-11-13(2)18-14(3)12-15/h11-12H,4-10H2,1-3H3,(H,17,21). The summed E-state index contributed by atoms with van der Waals surface area (Å²) in [6, 6.07) is 4.21. The van der Waals surface area contributed by atoms with Crippen LogP contribution in [0, 0.1) is 13.8 Å². The summed E-state index contributed by atoms with van der Waals surface area (Å²) in [5.41, 5.74) is 3.26. The van der Waals surface area contributed by atoms with Gasteiger partial charge in [0.15, 0.2) is 0 Å². The molecule has 0 atom stereocenters. The summed E-state index contributed by atoms with van der Waals surface area (Å²) in [5.74, 6) is 0. The third kappa shape index (κ3) is 4.59. The lowest BCUT2D eigenvalue weighted by atomic mass is 10.2. The molecule has 1 aliphatic heterocycles. The van der Waals surface area contributed by atoms with Crippen LogP contribution in [0.2, 0.25) is 0 Å². The number of amides is 2. The highest BCUT2D eigenvalue weighted by atomic mass is 16.5. The zero-order chi connectivity index (χ0) is 15.9. The second-order valence-corrected chi connectivity index (χ2v) is 5.51. The molecule has 0 aromatic carbocycles. The normalized spacial score (nSPS) is 15.0. The first-order valence-electron chi connectivity index (χ1n) is 7.91. The Kier molecular flexibility index (Phi) is 6.00. The summed E-state index contributed by atoms with van der Waals surface area (Å²) in [7, 11) is 0. The minimum atomic E-state index is 0.00134. The van der Waals surface area contributed by atoms with Gasteiger partial charge in [0, 0.05) is 56.4 Å². The summed E-state index contributed by atoms with van der Waals surface area (Å²) in [6.45, 7) is 11.0. The number of hydrogen-bond acceptors (Lipinski definition) is 4. The average Bonchev–Trinajstić information content (AvgIpc) is 2.50. The second kappa shape index (κ2) is 7.98. The van der Waals surface area contributed by atoms with Crippen LogP contribution >= 0.6 is 0 Å². The maximum Gasteiger partial charge on any atom is 0.317 e. The lowest BCUT2D eigenvalue weighted by molar-refractivity contribution is 0.145. The molecule has 0 spiro atoms. The van der Waals surface area contributed by atoms with Gasteiger partial charge in [-0.15, -0.1) is 0 Å². The largest absolute Gasteiger partial charge is 0.380 e. The first-order valence-corrected chi connectivity index (χ1v) is 7.91. The van der Waals surface area contributed by atoms with Gasteiger partial charge < -0.3 is 19.9 Å². The molecule has 1 aliphatic rings.